The van der Waals surface area contributed by atoms with Gasteiger partial charge in [-0.2, -0.15) is 0 Å². The minimum absolute atomic E-state index is 0.263. The third-order valence-corrected chi connectivity index (χ3v) is 4.94. The van der Waals surface area contributed by atoms with Gasteiger partial charge in [-0.15, -0.1) is 0 Å². The third-order valence-electron chi connectivity index (χ3n) is 4.94. The van der Waals surface area contributed by atoms with Crippen LogP contribution in [0.5, 0.6) is 0 Å². The molecule has 3 rings (SSSR count). The van der Waals surface area contributed by atoms with Gasteiger partial charge in [-0.1, -0.05) is 49.4 Å². The first kappa shape index (κ1) is 20.3. The van der Waals surface area contributed by atoms with Crippen LogP contribution in [-0.2, 0) is 13.0 Å². The summed E-state index contributed by atoms with van der Waals surface area (Å²) in [4.78, 5) is 29.4. The number of hydrogen-bond donors (Lipinski definition) is 2. The zero-order valence-corrected chi connectivity index (χ0v) is 17.0. The van der Waals surface area contributed by atoms with Crippen molar-refractivity contribution >= 4 is 17.5 Å². The molecule has 0 saturated heterocycles. The van der Waals surface area contributed by atoms with E-state index in [1.807, 2.05) is 63.2 Å². The predicted molar refractivity (Wildman–Crippen MR) is 115 cm³/mol. The molecular weight excluding hydrogens is 362 g/mol. The largest absolute Gasteiger partial charge is 0.348 e. The minimum Gasteiger partial charge on any atom is -0.348 e. The molecule has 0 saturated carbocycles. The van der Waals surface area contributed by atoms with Crippen LogP contribution >= 0.6 is 0 Å². The van der Waals surface area contributed by atoms with Crippen LogP contribution in [0.4, 0.5) is 5.69 Å². The van der Waals surface area contributed by atoms with Gasteiger partial charge in [-0.3, -0.25) is 14.6 Å². The Bertz CT molecular complexity index is 1040. The second kappa shape index (κ2) is 9.15. The molecule has 3 aromatic rings. The number of carbonyl (C=O) groups excluding carboxylic acids is 2. The van der Waals surface area contributed by atoms with Crippen molar-refractivity contribution < 1.29 is 9.59 Å². The molecule has 0 radical (unpaired) electrons. The molecule has 5 heteroatoms. The fourth-order valence-corrected chi connectivity index (χ4v) is 3.16. The van der Waals surface area contributed by atoms with Crippen molar-refractivity contribution in [1.82, 2.24) is 10.3 Å². The normalized spacial score (nSPS) is 10.4. The summed E-state index contributed by atoms with van der Waals surface area (Å²) in [6.45, 7) is 6.43. The summed E-state index contributed by atoms with van der Waals surface area (Å²) in [5, 5.41) is 5.86. The Hall–Kier alpha value is -3.47. The maximum Gasteiger partial charge on any atom is 0.257 e. The fraction of sp³-hybridized carbons (Fsp3) is 0.208. The number of hydrogen-bond acceptors (Lipinski definition) is 3. The molecule has 0 fully saturated rings. The SMILES string of the molecule is CCc1cccc(C)c1NC(=O)c1cncc(C(=O)NCc2ccccc2C)c1. The molecule has 0 aliphatic heterocycles. The van der Waals surface area contributed by atoms with Crippen LogP contribution in [0.25, 0.3) is 0 Å². The lowest BCUT2D eigenvalue weighted by Gasteiger charge is -2.13. The summed E-state index contributed by atoms with van der Waals surface area (Å²) in [6, 6.07) is 15.4. The third kappa shape index (κ3) is 4.88. The first-order valence-corrected chi connectivity index (χ1v) is 9.67. The lowest BCUT2D eigenvalue weighted by atomic mass is 10.1. The number of aromatic nitrogens is 1. The number of para-hydroxylation sites is 1. The van der Waals surface area contributed by atoms with E-state index in [0.29, 0.717) is 17.7 Å². The van der Waals surface area contributed by atoms with Crippen molar-refractivity contribution in [3.05, 3.63) is 94.3 Å². The number of pyridine rings is 1. The van der Waals surface area contributed by atoms with Crippen molar-refractivity contribution in [2.45, 2.75) is 33.7 Å². The van der Waals surface area contributed by atoms with Crippen molar-refractivity contribution in [3.8, 4) is 0 Å². The fourth-order valence-electron chi connectivity index (χ4n) is 3.16. The van der Waals surface area contributed by atoms with Crippen LogP contribution in [0.3, 0.4) is 0 Å². The van der Waals surface area contributed by atoms with Crippen molar-refractivity contribution in [3.63, 3.8) is 0 Å². The summed E-state index contributed by atoms with van der Waals surface area (Å²) in [5.74, 6) is -0.546. The van der Waals surface area contributed by atoms with E-state index < -0.39 is 0 Å². The van der Waals surface area contributed by atoms with Crippen LogP contribution in [0.2, 0.25) is 0 Å². The summed E-state index contributed by atoms with van der Waals surface area (Å²) in [5.41, 5.74) is 5.74. The molecule has 5 nitrogen and oxygen atoms in total. The van der Waals surface area contributed by atoms with Gasteiger partial charge >= 0.3 is 0 Å². The van der Waals surface area contributed by atoms with E-state index >= 15 is 0 Å². The van der Waals surface area contributed by atoms with E-state index in [2.05, 4.69) is 15.6 Å². The number of carbonyl (C=O) groups is 2. The zero-order valence-electron chi connectivity index (χ0n) is 17.0. The van der Waals surface area contributed by atoms with E-state index in [-0.39, 0.29) is 11.8 Å². The molecule has 0 aliphatic rings. The first-order valence-electron chi connectivity index (χ1n) is 9.67. The van der Waals surface area contributed by atoms with Gasteiger partial charge in [0, 0.05) is 24.6 Å². The van der Waals surface area contributed by atoms with E-state index in [1.54, 1.807) is 6.07 Å². The Labute approximate surface area is 171 Å². The smallest absolute Gasteiger partial charge is 0.257 e. The Morgan fingerprint density at radius 1 is 0.862 bits per heavy atom. The van der Waals surface area contributed by atoms with Crippen LogP contribution < -0.4 is 10.6 Å². The van der Waals surface area contributed by atoms with Gasteiger partial charge in [0.15, 0.2) is 0 Å². The molecule has 0 atom stereocenters. The topological polar surface area (TPSA) is 71.1 Å². The molecule has 148 valence electrons. The lowest BCUT2D eigenvalue weighted by Crippen LogP contribution is -2.24. The van der Waals surface area contributed by atoms with Crippen LogP contribution in [0.1, 0.15) is 49.9 Å². The average Bonchev–Trinajstić information content (AvgIpc) is 2.74. The van der Waals surface area contributed by atoms with E-state index in [1.165, 1.54) is 12.4 Å². The Morgan fingerprint density at radius 3 is 2.24 bits per heavy atom. The van der Waals surface area contributed by atoms with Crippen LogP contribution in [-0.4, -0.2) is 16.8 Å². The summed E-state index contributed by atoms with van der Waals surface area (Å²) in [7, 11) is 0. The quantitative estimate of drug-likeness (QED) is 0.657. The molecular formula is C24H25N3O2. The van der Waals surface area contributed by atoms with Gasteiger partial charge in [0.2, 0.25) is 0 Å². The van der Waals surface area contributed by atoms with Crippen LogP contribution in [0.15, 0.2) is 60.9 Å². The van der Waals surface area contributed by atoms with E-state index in [9.17, 15) is 9.59 Å². The number of nitrogens with one attached hydrogen (secondary N) is 2. The highest BCUT2D eigenvalue weighted by Crippen LogP contribution is 2.22. The van der Waals surface area contributed by atoms with Gasteiger partial charge in [-0.25, -0.2) is 0 Å². The lowest BCUT2D eigenvalue weighted by molar-refractivity contribution is 0.0950. The highest BCUT2D eigenvalue weighted by atomic mass is 16.2. The van der Waals surface area contributed by atoms with Crippen molar-refractivity contribution in [1.29, 1.82) is 0 Å². The van der Waals surface area contributed by atoms with Gasteiger partial charge in [0.25, 0.3) is 11.8 Å². The molecule has 1 heterocycles. The summed E-state index contributed by atoms with van der Waals surface area (Å²) < 4.78 is 0. The van der Waals surface area contributed by atoms with E-state index in [4.69, 9.17) is 0 Å². The van der Waals surface area contributed by atoms with Crippen molar-refractivity contribution in [2.24, 2.45) is 0 Å². The molecule has 1 aromatic heterocycles. The maximum absolute atomic E-state index is 12.8. The number of rotatable bonds is 6. The highest BCUT2D eigenvalue weighted by Gasteiger charge is 2.14. The molecule has 2 amide bonds. The number of nitrogens with zero attached hydrogens (tertiary/aromatic N) is 1. The second-order valence-electron chi connectivity index (χ2n) is 6.99. The molecule has 2 N–H and O–H groups in total. The maximum atomic E-state index is 12.8. The monoisotopic (exact) mass is 387 g/mol. The molecule has 0 aliphatic carbocycles. The Morgan fingerprint density at radius 2 is 1.52 bits per heavy atom. The molecule has 0 unspecified atom stereocenters. The molecule has 0 bridgehead atoms. The average molecular weight is 387 g/mol. The Balaban J connectivity index is 1.73. The number of anilines is 1. The Kier molecular flexibility index (Phi) is 6.39. The summed E-state index contributed by atoms with van der Waals surface area (Å²) >= 11 is 0. The van der Waals surface area contributed by atoms with Gasteiger partial charge in [-0.05, 0) is 48.6 Å². The summed E-state index contributed by atoms with van der Waals surface area (Å²) in [6.07, 6.45) is 3.75. The second-order valence-corrected chi connectivity index (χ2v) is 6.99. The molecule has 2 aromatic carbocycles. The number of amides is 2. The van der Waals surface area contributed by atoms with E-state index in [0.717, 1.165) is 34.4 Å². The highest BCUT2D eigenvalue weighted by molar-refractivity contribution is 6.06. The van der Waals surface area contributed by atoms with Crippen molar-refractivity contribution in [2.75, 3.05) is 5.32 Å². The zero-order chi connectivity index (χ0) is 20.8. The standard InChI is InChI=1S/C24H25N3O2/c1-4-18-11-7-9-17(3)22(18)27-24(29)21-12-20(13-25-14-21)23(28)26-15-19-10-6-5-8-16(19)2/h5-14H,4,15H2,1-3H3,(H,26,28)(H,27,29). The predicted octanol–water partition coefficient (Wildman–Crippen LogP) is 4.44. The van der Waals surface area contributed by atoms with Gasteiger partial charge in [0.05, 0.1) is 11.1 Å². The molecule has 29 heavy (non-hydrogen) atoms. The molecule has 0 spiro atoms. The van der Waals surface area contributed by atoms with Gasteiger partial charge < -0.3 is 10.6 Å². The van der Waals surface area contributed by atoms with Gasteiger partial charge in [0.1, 0.15) is 0 Å². The van der Waals surface area contributed by atoms with Crippen LogP contribution in [0, 0.1) is 13.8 Å². The minimum atomic E-state index is -0.282. The number of aryl methyl sites for hydroxylation is 3. The number of benzene rings is 2. The first-order chi connectivity index (χ1) is 14.0.